The van der Waals surface area contributed by atoms with E-state index in [4.69, 9.17) is 4.74 Å². The molecule has 0 bridgehead atoms. The number of rotatable bonds is 6. The lowest BCUT2D eigenvalue weighted by molar-refractivity contribution is -0.140. The topological polar surface area (TPSA) is 126 Å². The van der Waals surface area contributed by atoms with Crippen LogP contribution in [0.3, 0.4) is 0 Å². The van der Waals surface area contributed by atoms with Gasteiger partial charge in [-0.3, -0.25) is 24.6 Å². The van der Waals surface area contributed by atoms with Crippen LogP contribution in [0.4, 0.5) is 5.13 Å². The third-order valence-electron chi connectivity index (χ3n) is 8.64. The Morgan fingerprint density at radius 1 is 1.14 bits per heavy atom. The summed E-state index contributed by atoms with van der Waals surface area (Å²) in [4.78, 5) is 42.5. The average molecular weight is 595 g/mol. The van der Waals surface area contributed by atoms with Crippen molar-refractivity contribution in [2.75, 3.05) is 38.2 Å². The van der Waals surface area contributed by atoms with E-state index in [1.807, 2.05) is 44.2 Å². The van der Waals surface area contributed by atoms with E-state index in [9.17, 15) is 14.4 Å². The molecule has 3 aliphatic rings. The predicted molar refractivity (Wildman–Crippen MR) is 162 cm³/mol. The minimum atomic E-state index is -0.671. The van der Waals surface area contributed by atoms with E-state index < -0.39 is 11.5 Å². The molecule has 1 aromatic carbocycles. The number of hydrogen-bond donors (Lipinski definition) is 3. The van der Waals surface area contributed by atoms with Gasteiger partial charge in [-0.05, 0) is 43.6 Å². The van der Waals surface area contributed by atoms with E-state index in [2.05, 4.69) is 43.2 Å². The summed E-state index contributed by atoms with van der Waals surface area (Å²) in [6.07, 6.45) is 8.06. The van der Waals surface area contributed by atoms with Crippen LogP contribution in [0.2, 0.25) is 0 Å². The van der Waals surface area contributed by atoms with Crippen molar-refractivity contribution in [1.82, 2.24) is 25.7 Å². The van der Waals surface area contributed by atoms with Gasteiger partial charge in [-0.25, -0.2) is 0 Å². The van der Waals surface area contributed by atoms with Crippen LogP contribution in [0, 0.1) is 11.3 Å². The van der Waals surface area contributed by atoms with Crippen molar-refractivity contribution in [1.29, 1.82) is 0 Å². The number of ether oxygens (including phenoxy) is 1. The Morgan fingerprint density at radius 3 is 2.67 bits per heavy atom. The van der Waals surface area contributed by atoms with Crippen LogP contribution in [-0.2, 0) is 25.5 Å². The maximum atomic E-state index is 13.8. The standard InChI is InChI=1S/C31H42N6O4S/c1-21(2)28-35-36-30(42-28)34-26(38)20-37-15-11-24-23(19-37)10-6-7-12-31(13-16-41-17-14-31)29(40)33-25(27(39)32-24)18-22-8-4-3-5-9-22/h3-9,21,23-25H,10-20H2,1-2H3,(H,32,39)(H,33,40)(H,34,36,38)/t23-,24+,25+/m0/s1. The molecule has 3 N–H and O–H groups in total. The fourth-order valence-corrected chi connectivity index (χ4v) is 6.84. The molecular formula is C31H42N6O4S. The van der Waals surface area contributed by atoms with E-state index in [-0.39, 0.29) is 42.1 Å². The number of carbonyl (C=O) groups excluding carboxylic acids is 3. The zero-order valence-corrected chi connectivity index (χ0v) is 25.3. The molecule has 10 nitrogen and oxygen atoms in total. The van der Waals surface area contributed by atoms with Gasteiger partial charge in [-0.15, -0.1) is 10.2 Å². The maximum absolute atomic E-state index is 13.8. The van der Waals surface area contributed by atoms with Crippen molar-refractivity contribution in [2.45, 2.75) is 70.4 Å². The summed E-state index contributed by atoms with van der Waals surface area (Å²) in [7, 11) is 0. The van der Waals surface area contributed by atoms with Crippen molar-refractivity contribution >= 4 is 34.2 Å². The van der Waals surface area contributed by atoms with E-state index >= 15 is 0 Å². The molecule has 3 atom stereocenters. The number of anilines is 1. The van der Waals surface area contributed by atoms with Crippen molar-refractivity contribution in [2.24, 2.45) is 11.3 Å². The van der Waals surface area contributed by atoms with Gasteiger partial charge in [0.05, 0.1) is 12.0 Å². The largest absolute Gasteiger partial charge is 0.381 e. The molecule has 2 aromatic rings. The monoisotopic (exact) mass is 594 g/mol. The van der Waals surface area contributed by atoms with Crippen LogP contribution in [0.5, 0.6) is 0 Å². The third-order valence-corrected chi connectivity index (χ3v) is 9.78. The molecule has 42 heavy (non-hydrogen) atoms. The Bertz CT molecular complexity index is 1260. The van der Waals surface area contributed by atoms with E-state index in [1.165, 1.54) is 11.3 Å². The number of aromatic nitrogens is 2. The van der Waals surface area contributed by atoms with E-state index in [1.54, 1.807) is 0 Å². The molecule has 1 aromatic heterocycles. The molecular weight excluding hydrogens is 552 g/mol. The molecule has 11 heteroatoms. The molecule has 0 unspecified atom stereocenters. The van der Waals surface area contributed by atoms with Crippen LogP contribution in [0.1, 0.15) is 62.4 Å². The van der Waals surface area contributed by atoms with Crippen molar-refractivity contribution in [3.63, 3.8) is 0 Å². The lowest BCUT2D eigenvalue weighted by Crippen LogP contribution is -2.58. The first kappa shape index (κ1) is 30.3. The molecule has 0 aliphatic carbocycles. The van der Waals surface area contributed by atoms with Crippen molar-refractivity contribution in [3.8, 4) is 0 Å². The summed E-state index contributed by atoms with van der Waals surface area (Å²) in [5, 5.41) is 19.0. The molecule has 1 spiro atoms. The summed E-state index contributed by atoms with van der Waals surface area (Å²) in [6.45, 7) is 6.80. The lowest BCUT2D eigenvalue weighted by atomic mass is 9.75. The minimum absolute atomic E-state index is 0.0510. The summed E-state index contributed by atoms with van der Waals surface area (Å²) >= 11 is 1.41. The van der Waals surface area contributed by atoms with Crippen molar-refractivity contribution in [3.05, 3.63) is 53.1 Å². The quantitative estimate of drug-likeness (QED) is 0.439. The second kappa shape index (κ2) is 13.9. The van der Waals surface area contributed by atoms with Gasteiger partial charge in [0.15, 0.2) is 0 Å². The van der Waals surface area contributed by atoms with Crippen LogP contribution in [0.15, 0.2) is 42.5 Å². The van der Waals surface area contributed by atoms with Gasteiger partial charge in [-0.1, -0.05) is 67.7 Å². The Morgan fingerprint density at radius 2 is 1.93 bits per heavy atom. The molecule has 226 valence electrons. The van der Waals surface area contributed by atoms with Crippen LogP contribution in [-0.4, -0.2) is 77.8 Å². The summed E-state index contributed by atoms with van der Waals surface area (Å²) in [6, 6.07) is 9.10. The number of amides is 3. The van der Waals surface area contributed by atoms with Gasteiger partial charge in [0, 0.05) is 44.7 Å². The number of piperidine rings is 1. The highest BCUT2D eigenvalue weighted by Crippen LogP contribution is 2.36. The van der Waals surface area contributed by atoms with Crippen LogP contribution < -0.4 is 16.0 Å². The normalized spacial score (nSPS) is 25.2. The number of nitrogens with one attached hydrogen (secondary N) is 3. The number of nitrogens with zero attached hydrogens (tertiary/aromatic N) is 3. The summed E-state index contributed by atoms with van der Waals surface area (Å²) < 4.78 is 5.60. The fourth-order valence-electron chi connectivity index (χ4n) is 6.08. The fraction of sp³-hybridized carbons (Fsp3) is 0.581. The second-order valence-corrected chi connectivity index (χ2v) is 13.1. The Balaban J connectivity index is 1.30. The molecule has 3 amide bonds. The zero-order valence-electron chi connectivity index (χ0n) is 24.5. The minimum Gasteiger partial charge on any atom is -0.381 e. The molecule has 0 saturated carbocycles. The number of fused-ring (bicyclic) bond motifs is 1. The molecule has 3 aliphatic heterocycles. The van der Waals surface area contributed by atoms with Crippen molar-refractivity contribution < 1.29 is 19.1 Å². The predicted octanol–water partition coefficient (Wildman–Crippen LogP) is 3.28. The average Bonchev–Trinajstić information content (AvgIpc) is 3.45. The first-order valence-electron chi connectivity index (χ1n) is 15.0. The number of allylic oxidation sites excluding steroid dienone is 2. The van der Waals surface area contributed by atoms with Gasteiger partial charge >= 0.3 is 0 Å². The van der Waals surface area contributed by atoms with Crippen LogP contribution >= 0.6 is 11.3 Å². The van der Waals surface area contributed by atoms with Gasteiger partial charge in [0.25, 0.3) is 0 Å². The third kappa shape index (κ3) is 7.62. The Hall–Kier alpha value is -3.15. The SMILES string of the molecule is CC(C)c1nnc(NC(=O)CN2CC[C@H]3NC(=O)[C@@H](Cc4ccccc4)NC(=O)C4(CC=CC[C@H]3C2)CCOCC4)s1. The Labute approximate surface area is 251 Å². The molecule has 2 fully saturated rings. The number of carbonyl (C=O) groups is 3. The summed E-state index contributed by atoms with van der Waals surface area (Å²) in [5.74, 6) is 0.0648. The second-order valence-electron chi connectivity index (χ2n) is 12.1. The van der Waals surface area contributed by atoms with Crippen LogP contribution in [0.25, 0.3) is 0 Å². The van der Waals surface area contributed by atoms with E-state index in [0.717, 1.165) is 23.4 Å². The first-order valence-corrected chi connectivity index (χ1v) is 15.9. The highest BCUT2D eigenvalue weighted by Gasteiger charge is 2.41. The Kier molecular flexibility index (Phi) is 10.0. The highest BCUT2D eigenvalue weighted by molar-refractivity contribution is 7.15. The zero-order chi connectivity index (χ0) is 29.5. The summed E-state index contributed by atoms with van der Waals surface area (Å²) in [5.41, 5.74) is 0.415. The smallest absolute Gasteiger partial charge is 0.243 e. The van der Waals surface area contributed by atoms with Gasteiger partial charge in [-0.2, -0.15) is 0 Å². The first-order chi connectivity index (χ1) is 20.3. The van der Waals surface area contributed by atoms with E-state index in [0.29, 0.717) is 57.1 Å². The number of likely N-dealkylation sites (tertiary alicyclic amines) is 1. The highest BCUT2D eigenvalue weighted by atomic mass is 32.1. The lowest BCUT2D eigenvalue weighted by Gasteiger charge is -2.40. The number of hydrogen-bond acceptors (Lipinski definition) is 8. The van der Waals surface area contributed by atoms with Gasteiger partial charge < -0.3 is 15.4 Å². The molecule has 0 radical (unpaired) electrons. The molecule has 4 heterocycles. The number of benzene rings is 1. The molecule has 5 rings (SSSR count). The maximum Gasteiger partial charge on any atom is 0.243 e. The molecule has 2 saturated heterocycles. The van der Waals surface area contributed by atoms with Gasteiger partial charge in [0.2, 0.25) is 22.9 Å². The van der Waals surface area contributed by atoms with Gasteiger partial charge in [0.1, 0.15) is 11.0 Å².